The van der Waals surface area contributed by atoms with E-state index < -0.39 is 5.91 Å². The molecule has 2 aromatic carbocycles. The van der Waals surface area contributed by atoms with Gasteiger partial charge in [-0.2, -0.15) is 10.4 Å². The van der Waals surface area contributed by atoms with Crippen molar-refractivity contribution >= 4 is 35.1 Å². The maximum absolute atomic E-state index is 12.5. The number of thiol groups is 1. The number of carbonyl (C=O) groups excluding carboxylic acids is 1. The second-order valence-electron chi connectivity index (χ2n) is 5.18. The number of nitriles is 1. The van der Waals surface area contributed by atoms with Crippen LogP contribution in [0.25, 0.3) is 16.9 Å². The van der Waals surface area contributed by atoms with Crippen molar-refractivity contribution in [1.29, 1.82) is 5.26 Å². The maximum Gasteiger partial charge on any atom is 0.291 e. The molecule has 0 aliphatic heterocycles. The molecule has 1 amide bonds. The third-order valence-corrected chi connectivity index (χ3v) is 3.76. The number of hydrogen-bond donors (Lipinski definition) is 3. The van der Waals surface area contributed by atoms with Crippen molar-refractivity contribution in [1.82, 2.24) is 20.6 Å². The van der Waals surface area contributed by atoms with E-state index in [1.165, 1.54) is 0 Å². The lowest BCUT2D eigenvalue weighted by atomic mass is 10.1. The molecule has 128 valence electrons. The summed E-state index contributed by atoms with van der Waals surface area (Å²) in [7, 11) is 0. The number of aromatic nitrogens is 2. The molecule has 0 saturated heterocycles. The summed E-state index contributed by atoms with van der Waals surface area (Å²) in [5, 5.41) is 14.1. The molecular weight excluding hydrogens is 366 g/mol. The van der Waals surface area contributed by atoms with Gasteiger partial charge >= 0.3 is 0 Å². The van der Waals surface area contributed by atoms with Gasteiger partial charge in [0.25, 0.3) is 5.91 Å². The van der Waals surface area contributed by atoms with Crippen LogP contribution < -0.4 is 10.9 Å². The van der Waals surface area contributed by atoms with Gasteiger partial charge in [0.15, 0.2) is 5.69 Å². The van der Waals surface area contributed by atoms with Gasteiger partial charge in [0.1, 0.15) is 16.0 Å². The van der Waals surface area contributed by atoms with Crippen LogP contribution in [0.2, 0.25) is 0 Å². The Hall–Kier alpha value is -3.15. The van der Waals surface area contributed by atoms with Crippen molar-refractivity contribution < 1.29 is 4.79 Å². The molecule has 0 fully saturated rings. The monoisotopic (exact) mass is 379 g/mol. The Labute approximate surface area is 160 Å². The van der Waals surface area contributed by atoms with Crippen LogP contribution in [0, 0.1) is 11.3 Å². The predicted octanol–water partition coefficient (Wildman–Crippen LogP) is 2.86. The van der Waals surface area contributed by atoms with Crippen LogP contribution in [0.4, 0.5) is 0 Å². The van der Waals surface area contributed by atoms with Crippen molar-refractivity contribution in [3.8, 4) is 23.0 Å². The first-order valence-corrected chi connectivity index (χ1v) is 8.40. The Bertz CT molecular complexity index is 994. The van der Waals surface area contributed by atoms with E-state index in [4.69, 9.17) is 12.2 Å². The molecule has 26 heavy (non-hydrogen) atoms. The molecule has 0 spiro atoms. The summed E-state index contributed by atoms with van der Waals surface area (Å²) in [4.78, 5) is 12.5. The summed E-state index contributed by atoms with van der Waals surface area (Å²) >= 11 is 8.65. The fourth-order valence-corrected chi connectivity index (χ4v) is 2.58. The Kier molecular flexibility index (Phi) is 5.31. The summed E-state index contributed by atoms with van der Waals surface area (Å²) < 4.78 is 1.68. The highest BCUT2D eigenvalue weighted by atomic mass is 32.1. The van der Waals surface area contributed by atoms with Crippen LogP contribution >= 0.6 is 24.8 Å². The molecule has 0 unspecified atom stereocenters. The molecule has 0 bridgehead atoms. The van der Waals surface area contributed by atoms with Gasteiger partial charge in [0.05, 0.1) is 11.4 Å². The van der Waals surface area contributed by atoms with Crippen molar-refractivity contribution in [2.45, 2.75) is 0 Å². The highest BCUT2D eigenvalue weighted by Crippen LogP contribution is 2.28. The van der Waals surface area contributed by atoms with Gasteiger partial charge in [0, 0.05) is 5.56 Å². The number of nitrogens with one attached hydrogen (secondary N) is 2. The van der Waals surface area contributed by atoms with E-state index >= 15 is 0 Å². The molecule has 0 aliphatic rings. The minimum Gasteiger partial charge on any atom is -0.283 e. The Morgan fingerprint density at radius 1 is 1.08 bits per heavy atom. The zero-order valence-corrected chi connectivity index (χ0v) is 15.1. The van der Waals surface area contributed by atoms with E-state index in [0.717, 1.165) is 11.3 Å². The van der Waals surface area contributed by atoms with Gasteiger partial charge in [-0.15, -0.1) is 12.6 Å². The third-order valence-electron chi connectivity index (χ3n) is 3.54. The van der Waals surface area contributed by atoms with Crippen LogP contribution in [0.15, 0.2) is 60.7 Å². The highest BCUT2D eigenvalue weighted by Gasteiger charge is 2.24. The second-order valence-corrected chi connectivity index (χ2v) is 6.34. The quantitative estimate of drug-likeness (QED) is 0.370. The van der Waals surface area contributed by atoms with Crippen LogP contribution in [-0.2, 0) is 0 Å². The summed E-state index contributed by atoms with van der Waals surface area (Å²) in [6.07, 6.45) is 0. The fraction of sp³-hybridized carbons (Fsp3) is 0. The number of benzene rings is 2. The maximum atomic E-state index is 12.5. The van der Waals surface area contributed by atoms with Crippen molar-refractivity contribution in [2.24, 2.45) is 0 Å². The van der Waals surface area contributed by atoms with Gasteiger partial charge in [0.2, 0.25) is 0 Å². The molecule has 1 aromatic heterocycles. The minimum absolute atomic E-state index is 0.00714. The Morgan fingerprint density at radius 2 is 1.69 bits per heavy atom. The topological polar surface area (TPSA) is 82.7 Å². The van der Waals surface area contributed by atoms with Crippen molar-refractivity contribution in [3.05, 3.63) is 71.9 Å². The van der Waals surface area contributed by atoms with Gasteiger partial charge in [-0.05, 0) is 12.1 Å². The molecule has 3 aromatic rings. The average molecular weight is 379 g/mol. The minimum atomic E-state index is -0.579. The van der Waals surface area contributed by atoms with Gasteiger partial charge in [-0.3, -0.25) is 15.6 Å². The van der Waals surface area contributed by atoms with Crippen molar-refractivity contribution in [3.63, 3.8) is 0 Å². The number of thiocarbonyl (C=S) groups is 1. The number of para-hydroxylation sites is 1. The van der Waals surface area contributed by atoms with Gasteiger partial charge < -0.3 is 0 Å². The van der Waals surface area contributed by atoms with Crippen LogP contribution in [0.1, 0.15) is 16.1 Å². The molecule has 1 heterocycles. The largest absolute Gasteiger partial charge is 0.291 e. The van der Waals surface area contributed by atoms with E-state index in [2.05, 4.69) is 34.6 Å². The van der Waals surface area contributed by atoms with E-state index in [0.29, 0.717) is 5.69 Å². The molecule has 0 atom stereocenters. The summed E-state index contributed by atoms with van der Waals surface area (Å²) in [5.41, 5.74) is 7.04. The van der Waals surface area contributed by atoms with Gasteiger partial charge in [-0.1, -0.05) is 60.7 Å². The molecule has 0 aliphatic carbocycles. The number of hydrazine groups is 1. The zero-order valence-electron chi connectivity index (χ0n) is 13.4. The first-order chi connectivity index (χ1) is 12.6. The van der Waals surface area contributed by atoms with E-state index in [9.17, 15) is 10.1 Å². The van der Waals surface area contributed by atoms with E-state index in [1.807, 2.05) is 60.7 Å². The molecular formula is C18H13N5OS2. The lowest BCUT2D eigenvalue weighted by Crippen LogP contribution is -2.39. The van der Waals surface area contributed by atoms with Crippen LogP contribution in [0.5, 0.6) is 0 Å². The lowest BCUT2D eigenvalue weighted by Gasteiger charge is -2.07. The van der Waals surface area contributed by atoms with E-state index in [1.54, 1.807) is 4.68 Å². The Morgan fingerprint density at radius 3 is 2.27 bits per heavy atom. The SMILES string of the molecule is N#Cc1c(C(=O)NNC(=S)S)nn(-c2ccccc2)c1-c1ccccc1. The highest BCUT2D eigenvalue weighted by molar-refractivity contribution is 8.11. The molecule has 2 N–H and O–H groups in total. The first-order valence-electron chi connectivity index (χ1n) is 7.55. The molecule has 0 radical (unpaired) electrons. The smallest absolute Gasteiger partial charge is 0.283 e. The molecule has 8 heteroatoms. The van der Waals surface area contributed by atoms with Crippen molar-refractivity contribution in [2.75, 3.05) is 0 Å². The molecule has 0 saturated carbocycles. The fourth-order valence-electron chi connectivity index (χ4n) is 2.47. The van der Waals surface area contributed by atoms with Crippen LogP contribution in [0.3, 0.4) is 0 Å². The molecule has 3 rings (SSSR count). The Balaban J connectivity index is 2.19. The number of hydrogen-bond acceptors (Lipinski definition) is 4. The van der Waals surface area contributed by atoms with E-state index in [-0.39, 0.29) is 15.6 Å². The summed E-state index contributed by atoms with van der Waals surface area (Å²) in [5.74, 6) is -0.579. The average Bonchev–Trinajstić information content (AvgIpc) is 3.07. The number of carbonyl (C=O) groups is 1. The lowest BCUT2D eigenvalue weighted by molar-refractivity contribution is 0.0939. The van der Waals surface area contributed by atoms with Gasteiger partial charge in [-0.25, -0.2) is 4.68 Å². The third kappa shape index (κ3) is 3.59. The first kappa shape index (κ1) is 17.7. The summed E-state index contributed by atoms with van der Waals surface area (Å²) in [6, 6.07) is 20.7. The predicted molar refractivity (Wildman–Crippen MR) is 106 cm³/mol. The standard InChI is InChI=1S/C18H13N5OS2/c19-11-14-15(17(24)20-21-18(25)26)22-23(13-9-5-2-6-10-13)16(14)12-7-3-1-4-8-12/h1-10H,(H,20,24)(H2,21,25,26). The zero-order chi connectivity index (χ0) is 18.5. The normalized spacial score (nSPS) is 10.0. The summed E-state index contributed by atoms with van der Waals surface area (Å²) in [6.45, 7) is 0. The van der Waals surface area contributed by atoms with Crippen LogP contribution in [-0.4, -0.2) is 20.0 Å². The second kappa shape index (κ2) is 7.82. The number of rotatable bonds is 3. The molecule has 6 nitrogen and oxygen atoms in total. The number of nitrogens with zero attached hydrogens (tertiary/aromatic N) is 3. The number of amides is 1.